The number of aliphatic hydroxyl groups is 1. The number of hydrogen-bond donors (Lipinski definition) is 4. The van der Waals surface area contributed by atoms with Gasteiger partial charge in [-0.2, -0.15) is 4.98 Å². The molecule has 4 N–H and O–H groups in total. The van der Waals surface area contributed by atoms with Crippen LogP contribution in [0.5, 0.6) is 5.75 Å². The van der Waals surface area contributed by atoms with Crippen molar-refractivity contribution in [1.82, 2.24) is 30.6 Å². The molecule has 2 aliphatic heterocycles. The molecule has 1 amide bonds. The number of imidazole rings is 1. The number of aromatic amines is 1. The highest BCUT2D eigenvalue weighted by atomic mass is 35.5. The number of amides is 1. The molecule has 1 atom stereocenters. The average Bonchev–Trinajstić information content (AvgIpc) is 3.52. The third-order valence-corrected chi connectivity index (χ3v) is 5.66. The van der Waals surface area contributed by atoms with E-state index in [0.29, 0.717) is 40.0 Å². The predicted octanol–water partition coefficient (Wildman–Crippen LogP) is 1.10. The largest absolute Gasteiger partial charge is 0.496 e. The van der Waals surface area contributed by atoms with Crippen molar-refractivity contribution in [3.63, 3.8) is 0 Å². The van der Waals surface area contributed by atoms with Gasteiger partial charge in [0.15, 0.2) is 5.65 Å². The van der Waals surface area contributed by atoms with Crippen molar-refractivity contribution in [3.05, 3.63) is 41.9 Å². The summed E-state index contributed by atoms with van der Waals surface area (Å²) in [6, 6.07) is 5.34. The monoisotopic (exact) mass is 457 g/mol. The summed E-state index contributed by atoms with van der Waals surface area (Å²) in [6.45, 7) is 2.60. The Bertz CT molecular complexity index is 1180. The maximum Gasteiger partial charge on any atom is 0.255 e. The van der Waals surface area contributed by atoms with Gasteiger partial charge in [-0.1, -0.05) is 0 Å². The molecule has 0 bridgehead atoms. The number of benzene rings is 1. The summed E-state index contributed by atoms with van der Waals surface area (Å²) in [6.07, 6.45) is 3.68. The van der Waals surface area contributed by atoms with Gasteiger partial charge in [0.05, 0.1) is 25.6 Å². The molecule has 1 aromatic carbocycles. The fourth-order valence-corrected chi connectivity index (χ4v) is 4.11. The van der Waals surface area contributed by atoms with Crippen LogP contribution in [0.15, 0.2) is 36.3 Å². The van der Waals surface area contributed by atoms with E-state index < -0.39 is 0 Å². The number of fused-ring (bicyclic) bond motifs is 2. The number of ether oxygens (including phenoxy) is 1. The molecule has 0 spiro atoms. The van der Waals surface area contributed by atoms with E-state index in [1.54, 1.807) is 18.5 Å². The van der Waals surface area contributed by atoms with Gasteiger partial charge in [-0.15, -0.1) is 12.4 Å². The first-order chi connectivity index (χ1) is 15.2. The predicted molar refractivity (Wildman–Crippen MR) is 122 cm³/mol. The molecule has 0 saturated carbocycles. The molecule has 32 heavy (non-hydrogen) atoms. The fraction of sp³-hybridized carbons (Fsp3) is 0.333. The molecule has 4 heterocycles. The van der Waals surface area contributed by atoms with E-state index in [9.17, 15) is 4.79 Å². The number of hydrogen-bond acceptors (Lipinski definition) is 8. The van der Waals surface area contributed by atoms with Crippen LogP contribution in [-0.4, -0.2) is 70.8 Å². The second-order valence-corrected chi connectivity index (χ2v) is 7.57. The molecule has 10 nitrogen and oxygen atoms in total. The Labute approximate surface area is 190 Å². The number of halogens is 1. The number of carbonyl (C=O) groups excluding carboxylic acids is 1. The lowest BCUT2D eigenvalue weighted by Crippen LogP contribution is -2.26. The topological polar surface area (TPSA) is 128 Å². The van der Waals surface area contributed by atoms with Crippen LogP contribution in [0.2, 0.25) is 0 Å². The zero-order valence-electron chi connectivity index (χ0n) is 17.5. The molecule has 11 heteroatoms. The van der Waals surface area contributed by atoms with E-state index in [2.05, 4.69) is 36.7 Å². The number of nitrogens with zero attached hydrogens (tertiary/aromatic N) is 4. The third-order valence-electron chi connectivity index (χ3n) is 5.66. The van der Waals surface area contributed by atoms with Gasteiger partial charge >= 0.3 is 0 Å². The molecule has 5 rings (SSSR count). The Morgan fingerprint density at radius 1 is 1.38 bits per heavy atom. The highest BCUT2D eigenvalue weighted by Gasteiger charge is 2.32. The summed E-state index contributed by atoms with van der Waals surface area (Å²) in [5.74, 6) is 1.22. The number of anilines is 1. The molecular weight excluding hydrogens is 434 g/mol. The molecule has 168 valence electrons. The number of carbonyl (C=O) groups is 1. The van der Waals surface area contributed by atoms with Crippen LogP contribution in [-0.2, 0) is 0 Å². The number of nitrogens with one attached hydrogen (secondary N) is 3. The quantitative estimate of drug-likeness (QED) is 0.433. The summed E-state index contributed by atoms with van der Waals surface area (Å²) in [5.41, 5.74) is 4.42. The van der Waals surface area contributed by atoms with E-state index in [0.717, 1.165) is 25.2 Å². The van der Waals surface area contributed by atoms with Gasteiger partial charge in [-0.25, -0.2) is 9.97 Å². The van der Waals surface area contributed by atoms with Gasteiger partial charge in [0.1, 0.15) is 17.0 Å². The summed E-state index contributed by atoms with van der Waals surface area (Å²) in [4.78, 5) is 31.7. The molecule has 1 unspecified atom stereocenters. The molecular formula is C21H24ClN7O3. The van der Waals surface area contributed by atoms with Crippen LogP contribution < -0.4 is 20.3 Å². The van der Waals surface area contributed by atoms with Crippen molar-refractivity contribution >= 4 is 35.4 Å². The number of rotatable bonds is 6. The standard InChI is InChI=1S/C21H23N7O3.ClH/c1-31-16-3-2-12(6-15(16)20(30)23-4-5-29)17-18-19(25-11-24-18)27-21(26-17)28-9-13-7-22-8-14(13)10-28;/h2-3,6-7,11,14,22,29H,4-5,8-10H2,1H3,(H,23,30)(H,24,25,26,27);1H. The zero-order valence-corrected chi connectivity index (χ0v) is 18.3. The van der Waals surface area contributed by atoms with E-state index >= 15 is 0 Å². The summed E-state index contributed by atoms with van der Waals surface area (Å²) < 4.78 is 5.36. The Hall–Kier alpha value is -3.37. The molecule has 1 saturated heterocycles. The molecule has 3 aromatic rings. The van der Waals surface area contributed by atoms with Gasteiger partial charge in [-0.05, 0) is 30.0 Å². The molecule has 0 radical (unpaired) electrons. The highest BCUT2D eigenvalue weighted by molar-refractivity contribution is 5.99. The van der Waals surface area contributed by atoms with Crippen molar-refractivity contribution < 1.29 is 14.6 Å². The molecule has 1 fully saturated rings. The lowest BCUT2D eigenvalue weighted by Gasteiger charge is -2.17. The lowest BCUT2D eigenvalue weighted by atomic mass is 10.1. The number of H-pyrrole nitrogens is 1. The third kappa shape index (κ3) is 3.82. The van der Waals surface area contributed by atoms with Crippen LogP contribution in [0.1, 0.15) is 10.4 Å². The van der Waals surface area contributed by atoms with E-state index in [4.69, 9.17) is 14.8 Å². The van der Waals surface area contributed by atoms with Crippen molar-refractivity contribution in [2.75, 3.05) is 44.8 Å². The number of aliphatic hydroxyl groups excluding tert-OH is 1. The first kappa shape index (κ1) is 21.8. The molecule has 2 aliphatic rings. The van der Waals surface area contributed by atoms with Gasteiger partial charge in [0, 0.05) is 37.7 Å². The van der Waals surface area contributed by atoms with Gasteiger partial charge < -0.3 is 30.4 Å². The van der Waals surface area contributed by atoms with Crippen molar-refractivity contribution in [3.8, 4) is 17.0 Å². The van der Waals surface area contributed by atoms with Crippen LogP contribution in [0.4, 0.5) is 5.95 Å². The normalized spacial score (nSPS) is 16.9. The van der Waals surface area contributed by atoms with E-state index in [-0.39, 0.29) is 31.5 Å². The summed E-state index contributed by atoms with van der Waals surface area (Å²) in [5, 5.41) is 15.0. The maximum atomic E-state index is 12.6. The van der Waals surface area contributed by atoms with Crippen LogP contribution in [0.25, 0.3) is 22.4 Å². The number of aromatic nitrogens is 4. The smallest absolute Gasteiger partial charge is 0.255 e. The Morgan fingerprint density at radius 2 is 2.25 bits per heavy atom. The lowest BCUT2D eigenvalue weighted by molar-refractivity contribution is 0.0942. The van der Waals surface area contributed by atoms with Crippen LogP contribution in [0.3, 0.4) is 0 Å². The Balaban J connectivity index is 0.00000245. The van der Waals surface area contributed by atoms with E-state index in [1.807, 2.05) is 6.07 Å². The average molecular weight is 458 g/mol. The highest BCUT2D eigenvalue weighted by Crippen LogP contribution is 2.33. The maximum absolute atomic E-state index is 12.6. The summed E-state index contributed by atoms with van der Waals surface area (Å²) >= 11 is 0. The minimum atomic E-state index is -0.324. The van der Waals surface area contributed by atoms with E-state index in [1.165, 1.54) is 12.7 Å². The first-order valence-electron chi connectivity index (χ1n) is 10.1. The van der Waals surface area contributed by atoms with Gasteiger partial charge in [-0.3, -0.25) is 4.79 Å². The Kier molecular flexibility index (Phi) is 6.15. The fourth-order valence-electron chi connectivity index (χ4n) is 4.11. The molecule has 2 aromatic heterocycles. The van der Waals surface area contributed by atoms with Gasteiger partial charge in [0.2, 0.25) is 5.95 Å². The second-order valence-electron chi connectivity index (χ2n) is 7.57. The zero-order chi connectivity index (χ0) is 21.4. The first-order valence-corrected chi connectivity index (χ1v) is 10.1. The van der Waals surface area contributed by atoms with Crippen molar-refractivity contribution in [2.24, 2.45) is 5.92 Å². The number of methoxy groups -OCH3 is 1. The SMILES string of the molecule is COc1ccc(-c2nc(N3CC4=CNCC4C3)nc3nc[nH]c23)cc1C(=O)NCCO.Cl. The second kappa shape index (κ2) is 9.01. The minimum absolute atomic E-state index is 0. The van der Waals surface area contributed by atoms with Crippen molar-refractivity contribution in [1.29, 1.82) is 0 Å². The van der Waals surface area contributed by atoms with Gasteiger partial charge in [0.25, 0.3) is 5.91 Å². The van der Waals surface area contributed by atoms with Crippen molar-refractivity contribution in [2.45, 2.75) is 0 Å². The minimum Gasteiger partial charge on any atom is -0.496 e. The van der Waals surface area contributed by atoms with Crippen LogP contribution in [0, 0.1) is 5.92 Å². The Morgan fingerprint density at radius 3 is 3.03 bits per heavy atom. The summed E-state index contributed by atoms with van der Waals surface area (Å²) in [7, 11) is 1.52. The van der Waals surface area contributed by atoms with Crippen LogP contribution >= 0.6 is 12.4 Å². The molecule has 0 aliphatic carbocycles.